The number of benzene rings is 7. The lowest BCUT2D eigenvalue weighted by molar-refractivity contribution is 1.57. The Morgan fingerprint density at radius 1 is 0.294 bits per heavy atom. The van der Waals surface area contributed by atoms with Crippen LogP contribution in [0.5, 0.6) is 0 Å². The second-order valence-electron chi connectivity index (χ2n) is 9.26. The molecule has 156 valence electrons. The number of hydrogen-bond donors (Lipinski definition) is 0. The lowest BCUT2D eigenvalue weighted by Crippen LogP contribution is -1.90. The van der Waals surface area contributed by atoms with Gasteiger partial charge < -0.3 is 0 Å². The van der Waals surface area contributed by atoms with E-state index in [1.54, 1.807) is 0 Å². The lowest BCUT2D eigenvalue weighted by Gasteiger charge is -2.16. The summed E-state index contributed by atoms with van der Waals surface area (Å²) in [6.07, 6.45) is 0. The van der Waals surface area contributed by atoms with Crippen LogP contribution in [0.1, 0.15) is 22.3 Å². The first-order chi connectivity index (χ1) is 16.9. The van der Waals surface area contributed by atoms with Crippen LogP contribution in [0.25, 0.3) is 54.2 Å². The fraction of sp³-hybridized carbons (Fsp3) is 0. The predicted molar refractivity (Wildman–Crippen MR) is 146 cm³/mol. The topological polar surface area (TPSA) is 0 Å². The molecule has 0 amide bonds. The largest absolute Gasteiger partial charge is 0.0622 e. The molecule has 7 aromatic carbocycles. The molecule has 0 aliphatic heterocycles. The van der Waals surface area contributed by atoms with Gasteiger partial charge >= 0.3 is 0 Å². The van der Waals surface area contributed by atoms with Crippen molar-refractivity contribution in [2.75, 3.05) is 0 Å². The Labute approximate surface area is 197 Å². The van der Waals surface area contributed by atoms with Gasteiger partial charge in [-0.25, -0.2) is 0 Å². The highest BCUT2D eigenvalue weighted by molar-refractivity contribution is 6.36. The van der Waals surface area contributed by atoms with Gasteiger partial charge in [0.05, 0.1) is 0 Å². The number of rotatable bonds is 2. The minimum Gasteiger partial charge on any atom is -0.0622 e. The van der Waals surface area contributed by atoms with Gasteiger partial charge in [0.25, 0.3) is 0 Å². The standard InChI is InChI=1S/C34H20/c1-3-9-22(10-4-1)31-28-19-17-26-24-15-7-13-21-14-8-16-25(30(21)24)27-18-20-29(34(28)33(26)27)32(31)23-11-5-2-6-12-23/h1-20H. The van der Waals surface area contributed by atoms with E-state index >= 15 is 0 Å². The minimum absolute atomic E-state index is 1.27. The van der Waals surface area contributed by atoms with E-state index in [-0.39, 0.29) is 0 Å². The first kappa shape index (κ1) is 18.1. The Bertz CT molecular complexity index is 1790. The van der Waals surface area contributed by atoms with E-state index < -0.39 is 0 Å². The molecule has 7 aromatic rings. The summed E-state index contributed by atoms with van der Waals surface area (Å²) in [7, 11) is 0. The summed E-state index contributed by atoms with van der Waals surface area (Å²) < 4.78 is 0. The monoisotopic (exact) mass is 428 g/mol. The van der Waals surface area contributed by atoms with Gasteiger partial charge in [-0.3, -0.25) is 0 Å². The van der Waals surface area contributed by atoms with E-state index in [2.05, 4.69) is 121 Å². The van der Waals surface area contributed by atoms with E-state index in [4.69, 9.17) is 0 Å². The van der Waals surface area contributed by atoms with Crippen molar-refractivity contribution in [1.82, 2.24) is 0 Å². The van der Waals surface area contributed by atoms with E-state index in [1.807, 2.05) is 0 Å². The lowest BCUT2D eigenvalue weighted by atomic mass is 9.87. The molecule has 34 heavy (non-hydrogen) atoms. The van der Waals surface area contributed by atoms with Crippen molar-refractivity contribution in [1.29, 1.82) is 0 Å². The molecule has 8 rings (SSSR count). The average molecular weight is 429 g/mol. The molecule has 0 radical (unpaired) electrons. The average Bonchev–Trinajstić information content (AvgIpc) is 3.25. The first-order valence-corrected chi connectivity index (χ1v) is 11.9. The molecule has 0 saturated heterocycles. The zero-order valence-electron chi connectivity index (χ0n) is 18.5. The van der Waals surface area contributed by atoms with Gasteiger partial charge in [-0.1, -0.05) is 121 Å². The van der Waals surface area contributed by atoms with Crippen molar-refractivity contribution in [2.24, 2.45) is 0 Å². The van der Waals surface area contributed by atoms with Crippen LogP contribution in [0.2, 0.25) is 0 Å². The summed E-state index contributed by atoms with van der Waals surface area (Å²) in [4.78, 5) is 0. The van der Waals surface area contributed by atoms with Crippen molar-refractivity contribution >= 4 is 54.2 Å². The van der Waals surface area contributed by atoms with Crippen LogP contribution < -0.4 is 0 Å². The molecule has 0 saturated carbocycles. The molecule has 0 spiro atoms. The van der Waals surface area contributed by atoms with E-state index in [0.29, 0.717) is 0 Å². The number of hydrogen-bond acceptors (Lipinski definition) is 0. The maximum Gasteiger partial charge on any atom is -0.00134 e. The summed E-state index contributed by atoms with van der Waals surface area (Å²) in [6.45, 7) is 0. The molecule has 0 unspecified atom stereocenters. The van der Waals surface area contributed by atoms with Gasteiger partial charge in [0.1, 0.15) is 0 Å². The molecule has 0 heterocycles. The van der Waals surface area contributed by atoms with E-state index in [0.717, 1.165) is 0 Å². The third kappa shape index (κ3) is 2.23. The summed E-state index contributed by atoms with van der Waals surface area (Å²) in [5, 5.41) is 10.9. The molecule has 0 nitrogen and oxygen atoms in total. The summed E-state index contributed by atoms with van der Waals surface area (Å²) in [5.41, 5.74) is 7.89. The highest BCUT2D eigenvalue weighted by Gasteiger charge is 2.28. The fourth-order valence-corrected chi connectivity index (χ4v) is 6.23. The Balaban J connectivity index is 1.60. The number of fused-ring (bicyclic) bond motifs is 2. The quantitative estimate of drug-likeness (QED) is 0.190. The predicted octanol–water partition coefficient (Wildman–Crippen LogP) is 9.06. The molecule has 1 aliphatic carbocycles. The van der Waals surface area contributed by atoms with Crippen LogP contribution in [-0.4, -0.2) is 0 Å². The molecule has 0 heteroatoms. The van der Waals surface area contributed by atoms with Crippen molar-refractivity contribution in [3.63, 3.8) is 0 Å². The third-order valence-electron chi connectivity index (χ3n) is 7.56. The van der Waals surface area contributed by atoms with Gasteiger partial charge in [-0.05, 0) is 76.5 Å². The summed E-state index contributed by atoms with van der Waals surface area (Å²) >= 11 is 0. The molecular formula is C34H20. The third-order valence-corrected chi connectivity index (χ3v) is 7.56. The van der Waals surface area contributed by atoms with Gasteiger partial charge in [0, 0.05) is 0 Å². The summed E-state index contributed by atoms with van der Waals surface area (Å²) in [5.74, 6) is 0. The first-order valence-electron chi connectivity index (χ1n) is 11.9. The van der Waals surface area contributed by atoms with Gasteiger partial charge in [0.2, 0.25) is 0 Å². The van der Waals surface area contributed by atoms with Crippen molar-refractivity contribution in [3.8, 4) is 0 Å². The molecule has 1 aliphatic rings. The van der Waals surface area contributed by atoms with Crippen molar-refractivity contribution < 1.29 is 0 Å². The molecule has 0 atom stereocenters. The van der Waals surface area contributed by atoms with Crippen LogP contribution >= 0.6 is 0 Å². The van der Waals surface area contributed by atoms with Crippen molar-refractivity contribution in [3.05, 3.63) is 144 Å². The molecule has 0 aromatic heterocycles. The second kappa shape index (κ2) is 6.56. The SMILES string of the molecule is c1ccc(C2=C(c3ccccc3)c3ccc4c5cccc6cccc(c7ccc2c3c74)c65)cc1. The Hall–Kier alpha value is -4.42. The zero-order chi connectivity index (χ0) is 22.2. The normalized spacial score (nSPS) is 13.2. The second-order valence-corrected chi connectivity index (χ2v) is 9.26. The molecule has 0 fully saturated rings. The maximum atomic E-state index is 2.36. The van der Waals surface area contributed by atoms with Crippen LogP contribution in [-0.2, 0) is 0 Å². The molecule has 0 N–H and O–H groups in total. The van der Waals surface area contributed by atoms with E-state index in [1.165, 1.54) is 76.5 Å². The van der Waals surface area contributed by atoms with Crippen LogP contribution in [0.15, 0.2) is 121 Å². The molecular weight excluding hydrogens is 408 g/mol. The smallest absolute Gasteiger partial charge is 0.00134 e. The maximum absolute atomic E-state index is 2.36. The highest BCUT2D eigenvalue weighted by atomic mass is 14.3. The highest BCUT2D eigenvalue weighted by Crippen LogP contribution is 2.51. The Morgan fingerprint density at radius 3 is 1.26 bits per heavy atom. The minimum atomic E-state index is 1.27. The zero-order valence-corrected chi connectivity index (χ0v) is 18.5. The Morgan fingerprint density at radius 2 is 0.765 bits per heavy atom. The Kier molecular flexibility index (Phi) is 3.48. The molecule has 0 bridgehead atoms. The van der Waals surface area contributed by atoms with Gasteiger partial charge in [-0.15, -0.1) is 0 Å². The van der Waals surface area contributed by atoms with Crippen LogP contribution in [0.3, 0.4) is 0 Å². The van der Waals surface area contributed by atoms with Crippen molar-refractivity contribution in [2.45, 2.75) is 0 Å². The van der Waals surface area contributed by atoms with Gasteiger partial charge in [-0.2, -0.15) is 0 Å². The van der Waals surface area contributed by atoms with E-state index in [9.17, 15) is 0 Å². The van der Waals surface area contributed by atoms with Gasteiger partial charge in [0.15, 0.2) is 0 Å². The van der Waals surface area contributed by atoms with Crippen LogP contribution in [0.4, 0.5) is 0 Å². The summed E-state index contributed by atoms with van der Waals surface area (Å²) in [6, 6.07) is 44.6. The fourth-order valence-electron chi connectivity index (χ4n) is 6.23. The van der Waals surface area contributed by atoms with Crippen LogP contribution in [0, 0.1) is 0 Å².